The van der Waals surface area contributed by atoms with Crippen LogP contribution in [0.4, 0.5) is 4.79 Å². The topological polar surface area (TPSA) is 88.2 Å². The Labute approximate surface area is 135 Å². The Balaban J connectivity index is 2.15. The van der Waals surface area contributed by atoms with E-state index in [1.54, 1.807) is 45.8 Å². The first kappa shape index (κ1) is 17.3. The Hall–Kier alpha value is -2.09. The Kier molecular flexibility index (Phi) is 4.65. The summed E-state index contributed by atoms with van der Waals surface area (Å²) in [6, 6.07) is -1.24. The lowest BCUT2D eigenvalue weighted by Gasteiger charge is -2.34. The fourth-order valence-electron chi connectivity index (χ4n) is 2.52. The maximum atomic E-state index is 12.6. The standard InChI is InChI=1S/C15H23N3O5/c1-6-22-13(20)10-7-11-12(19)18(9(2)8-17(11)16-10)14(21)23-15(3,4)5/h8,10-11,16H,6-7H2,1-5H3. The highest BCUT2D eigenvalue weighted by Gasteiger charge is 2.46. The molecule has 2 aliphatic heterocycles. The van der Waals surface area contributed by atoms with Crippen LogP contribution in [-0.4, -0.2) is 52.2 Å². The minimum absolute atomic E-state index is 0.237. The summed E-state index contributed by atoms with van der Waals surface area (Å²) in [7, 11) is 0. The number of ether oxygens (including phenoxy) is 2. The summed E-state index contributed by atoms with van der Waals surface area (Å²) < 4.78 is 10.2. The van der Waals surface area contributed by atoms with E-state index in [9.17, 15) is 14.4 Å². The van der Waals surface area contributed by atoms with Crippen LogP contribution in [0.3, 0.4) is 0 Å². The van der Waals surface area contributed by atoms with Crippen molar-refractivity contribution in [1.29, 1.82) is 0 Å². The van der Waals surface area contributed by atoms with Gasteiger partial charge in [0.2, 0.25) is 0 Å². The molecule has 0 saturated carbocycles. The van der Waals surface area contributed by atoms with E-state index in [0.717, 1.165) is 4.90 Å². The van der Waals surface area contributed by atoms with E-state index in [1.807, 2.05) is 0 Å². The molecule has 0 aromatic carbocycles. The van der Waals surface area contributed by atoms with Crippen molar-refractivity contribution in [2.45, 2.75) is 58.7 Å². The lowest BCUT2D eigenvalue weighted by atomic mass is 10.1. The van der Waals surface area contributed by atoms with Gasteiger partial charge in [0, 0.05) is 18.3 Å². The van der Waals surface area contributed by atoms with Crippen LogP contribution in [0.25, 0.3) is 0 Å². The number of carbonyl (C=O) groups is 3. The summed E-state index contributed by atoms with van der Waals surface area (Å²) in [6.07, 6.45) is 1.14. The van der Waals surface area contributed by atoms with Gasteiger partial charge in [0.15, 0.2) is 0 Å². The number of hydrazine groups is 1. The number of allylic oxidation sites excluding steroid dienone is 1. The van der Waals surface area contributed by atoms with E-state index in [-0.39, 0.29) is 13.0 Å². The summed E-state index contributed by atoms with van der Waals surface area (Å²) in [5.41, 5.74) is 2.66. The molecule has 1 N–H and O–H groups in total. The van der Waals surface area contributed by atoms with E-state index in [4.69, 9.17) is 9.47 Å². The molecule has 0 radical (unpaired) electrons. The Morgan fingerprint density at radius 3 is 2.61 bits per heavy atom. The minimum atomic E-state index is -0.713. The molecule has 8 heteroatoms. The van der Waals surface area contributed by atoms with Crippen molar-refractivity contribution in [2.24, 2.45) is 0 Å². The fraction of sp³-hybridized carbons (Fsp3) is 0.667. The highest BCUT2D eigenvalue weighted by atomic mass is 16.6. The first-order valence-corrected chi connectivity index (χ1v) is 7.60. The summed E-state index contributed by atoms with van der Waals surface area (Å²) in [5, 5.41) is 1.56. The van der Waals surface area contributed by atoms with Crippen LogP contribution < -0.4 is 5.43 Å². The molecule has 0 bridgehead atoms. The third kappa shape index (κ3) is 3.64. The highest BCUT2D eigenvalue weighted by Crippen LogP contribution is 2.27. The van der Waals surface area contributed by atoms with Gasteiger partial charge < -0.3 is 14.5 Å². The zero-order valence-corrected chi connectivity index (χ0v) is 14.1. The molecule has 1 saturated heterocycles. The Bertz CT molecular complexity index is 552. The number of esters is 1. The average Bonchev–Trinajstić information content (AvgIpc) is 2.81. The van der Waals surface area contributed by atoms with Gasteiger partial charge in [-0.25, -0.2) is 15.1 Å². The van der Waals surface area contributed by atoms with E-state index in [1.165, 1.54) is 0 Å². The van der Waals surface area contributed by atoms with E-state index in [2.05, 4.69) is 5.43 Å². The monoisotopic (exact) mass is 325 g/mol. The van der Waals surface area contributed by atoms with Gasteiger partial charge in [-0.3, -0.25) is 9.59 Å². The number of nitrogens with one attached hydrogen (secondary N) is 1. The Morgan fingerprint density at radius 2 is 2.04 bits per heavy atom. The van der Waals surface area contributed by atoms with Crippen LogP contribution >= 0.6 is 0 Å². The molecular weight excluding hydrogens is 302 g/mol. The van der Waals surface area contributed by atoms with Gasteiger partial charge in [-0.05, 0) is 34.6 Å². The zero-order chi connectivity index (χ0) is 17.4. The van der Waals surface area contributed by atoms with Crippen LogP contribution in [0.5, 0.6) is 0 Å². The van der Waals surface area contributed by atoms with E-state index < -0.39 is 35.7 Å². The van der Waals surface area contributed by atoms with Gasteiger partial charge in [-0.2, -0.15) is 0 Å². The molecule has 2 heterocycles. The van der Waals surface area contributed by atoms with Crippen molar-refractivity contribution >= 4 is 18.0 Å². The molecule has 1 fully saturated rings. The van der Waals surface area contributed by atoms with Crippen molar-refractivity contribution < 1.29 is 23.9 Å². The van der Waals surface area contributed by atoms with Gasteiger partial charge in [-0.15, -0.1) is 0 Å². The predicted molar refractivity (Wildman–Crippen MR) is 80.6 cm³/mol. The number of carbonyl (C=O) groups excluding carboxylic acids is 3. The van der Waals surface area contributed by atoms with Crippen LogP contribution in [0.1, 0.15) is 41.0 Å². The molecule has 0 aromatic rings. The van der Waals surface area contributed by atoms with Gasteiger partial charge in [-0.1, -0.05) is 0 Å². The second kappa shape index (κ2) is 6.19. The average molecular weight is 325 g/mol. The molecule has 0 aromatic heterocycles. The number of nitrogens with zero attached hydrogens (tertiary/aromatic N) is 2. The number of rotatable bonds is 2. The number of hydrogen-bond donors (Lipinski definition) is 1. The normalized spacial score (nSPS) is 24.2. The van der Waals surface area contributed by atoms with Crippen molar-refractivity contribution in [3.05, 3.63) is 11.9 Å². The molecule has 23 heavy (non-hydrogen) atoms. The number of imide groups is 1. The maximum absolute atomic E-state index is 12.6. The third-order valence-electron chi connectivity index (χ3n) is 3.43. The number of fused-ring (bicyclic) bond motifs is 1. The lowest BCUT2D eigenvalue weighted by Crippen LogP contribution is -2.53. The van der Waals surface area contributed by atoms with Crippen LogP contribution in [0.2, 0.25) is 0 Å². The fourth-order valence-corrected chi connectivity index (χ4v) is 2.52. The van der Waals surface area contributed by atoms with Crippen molar-refractivity contribution in [2.75, 3.05) is 6.61 Å². The van der Waals surface area contributed by atoms with Crippen molar-refractivity contribution in [3.8, 4) is 0 Å². The first-order valence-electron chi connectivity index (χ1n) is 7.60. The van der Waals surface area contributed by atoms with Gasteiger partial charge in [0.05, 0.1) is 6.61 Å². The maximum Gasteiger partial charge on any atom is 0.421 e. The molecule has 2 unspecified atom stereocenters. The predicted octanol–water partition coefficient (Wildman–Crippen LogP) is 1.14. The minimum Gasteiger partial charge on any atom is -0.465 e. The van der Waals surface area contributed by atoms with Crippen molar-refractivity contribution in [3.63, 3.8) is 0 Å². The smallest absolute Gasteiger partial charge is 0.421 e. The zero-order valence-electron chi connectivity index (χ0n) is 14.1. The molecule has 0 aliphatic carbocycles. The molecule has 2 aliphatic rings. The second-order valence-electron chi connectivity index (χ2n) is 6.52. The summed E-state index contributed by atoms with van der Waals surface area (Å²) in [5.74, 6) is -0.830. The van der Waals surface area contributed by atoms with Crippen molar-refractivity contribution in [1.82, 2.24) is 15.3 Å². The summed E-state index contributed by atoms with van der Waals surface area (Å²) in [4.78, 5) is 37.7. The quantitative estimate of drug-likeness (QED) is 0.762. The number of amides is 2. The second-order valence-corrected chi connectivity index (χ2v) is 6.52. The van der Waals surface area contributed by atoms with E-state index >= 15 is 0 Å². The molecule has 2 amide bonds. The van der Waals surface area contributed by atoms with E-state index in [0.29, 0.717) is 5.70 Å². The van der Waals surface area contributed by atoms with Crippen LogP contribution in [-0.2, 0) is 19.1 Å². The van der Waals surface area contributed by atoms with Gasteiger partial charge in [0.25, 0.3) is 5.91 Å². The molecule has 2 atom stereocenters. The molecule has 128 valence electrons. The summed E-state index contributed by atoms with van der Waals surface area (Å²) >= 11 is 0. The first-order chi connectivity index (χ1) is 10.6. The summed E-state index contributed by atoms with van der Waals surface area (Å²) in [6.45, 7) is 8.83. The molecule has 2 rings (SSSR count). The molecular formula is C15H23N3O5. The third-order valence-corrected chi connectivity index (χ3v) is 3.43. The van der Waals surface area contributed by atoms with Crippen LogP contribution in [0.15, 0.2) is 11.9 Å². The molecule has 8 nitrogen and oxygen atoms in total. The SMILES string of the molecule is CCOC(=O)C1CC2C(=O)N(C(=O)OC(C)(C)C)C(C)=CN2N1. The highest BCUT2D eigenvalue weighted by molar-refractivity contribution is 5.98. The molecule has 0 spiro atoms. The lowest BCUT2D eigenvalue weighted by molar-refractivity contribution is -0.145. The van der Waals surface area contributed by atoms with Crippen LogP contribution in [0, 0.1) is 0 Å². The van der Waals surface area contributed by atoms with Gasteiger partial charge >= 0.3 is 12.1 Å². The largest absolute Gasteiger partial charge is 0.465 e. The van der Waals surface area contributed by atoms with Gasteiger partial charge in [0.1, 0.15) is 17.7 Å². The number of hydrogen-bond acceptors (Lipinski definition) is 7. The Morgan fingerprint density at radius 1 is 1.39 bits per heavy atom.